The number of nitrogens with two attached hydrogens (primary N) is 1. The number of unbranched alkanes of at least 4 members (excludes halogenated alkanes) is 2. The number of benzene rings is 1. The zero-order chi connectivity index (χ0) is 12.5. The van der Waals surface area contributed by atoms with Crippen LogP contribution in [0.25, 0.3) is 0 Å². The van der Waals surface area contributed by atoms with Crippen LogP contribution >= 0.6 is 0 Å². The minimum atomic E-state index is 0.188. The van der Waals surface area contributed by atoms with E-state index in [0.29, 0.717) is 13.0 Å². The molecule has 3 nitrogen and oxygen atoms in total. The van der Waals surface area contributed by atoms with Crippen LogP contribution in [-0.4, -0.2) is 12.6 Å². The minimum absolute atomic E-state index is 0.188. The van der Waals surface area contributed by atoms with E-state index >= 15 is 0 Å². The summed E-state index contributed by atoms with van der Waals surface area (Å²) < 4.78 is 5.57. The Labute approximate surface area is 103 Å². The summed E-state index contributed by atoms with van der Waals surface area (Å²) in [7, 11) is 0. The van der Waals surface area contributed by atoms with E-state index < -0.39 is 0 Å². The second kappa shape index (κ2) is 7.70. The molecule has 0 spiro atoms. The third-order valence-electron chi connectivity index (χ3n) is 2.43. The summed E-state index contributed by atoms with van der Waals surface area (Å²) in [5.41, 5.74) is 6.96. The lowest BCUT2D eigenvalue weighted by molar-refractivity contribution is 0.307. The molecule has 0 saturated carbocycles. The van der Waals surface area contributed by atoms with Gasteiger partial charge in [-0.05, 0) is 43.9 Å². The van der Waals surface area contributed by atoms with Crippen LogP contribution in [0.4, 0.5) is 0 Å². The van der Waals surface area contributed by atoms with Crippen LogP contribution in [0.15, 0.2) is 24.3 Å². The van der Waals surface area contributed by atoms with Crippen molar-refractivity contribution >= 4 is 0 Å². The Kier molecular flexibility index (Phi) is 6.13. The van der Waals surface area contributed by atoms with Crippen molar-refractivity contribution in [1.29, 1.82) is 5.26 Å². The number of hydrogen-bond acceptors (Lipinski definition) is 3. The summed E-state index contributed by atoms with van der Waals surface area (Å²) in [6.07, 6.45) is 3.33. The van der Waals surface area contributed by atoms with Gasteiger partial charge in [0.15, 0.2) is 0 Å². The average molecular weight is 232 g/mol. The zero-order valence-electron chi connectivity index (χ0n) is 10.4. The molecular weight excluding hydrogens is 212 g/mol. The molecule has 0 fully saturated rings. The molecule has 0 saturated heterocycles. The first kappa shape index (κ1) is 13.5. The van der Waals surface area contributed by atoms with Gasteiger partial charge in [-0.15, -0.1) is 0 Å². The first-order valence-electron chi connectivity index (χ1n) is 6.06. The van der Waals surface area contributed by atoms with Gasteiger partial charge in [-0.25, -0.2) is 0 Å². The topological polar surface area (TPSA) is 59.0 Å². The fraction of sp³-hybridized carbons (Fsp3) is 0.500. The van der Waals surface area contributed by atoms with Gasteiger partial charge in [-0.2, -0.15) is 5.26 Å². The Bertz CT molecular complexity index is 351. The van der Waals surface area contributed by atoms with E-state index in [4.69, 9.17) is 15.7 Å². The molecule has 0 heterocycles. The van der Waals surface area contributed by atoms with Gasteiger partial charge in [-0.3, -0.25) is 0 Å². The predicted molar refractivity (Wildman–Crippen MR) is 68.8 cm³/mol. The normalized spacial score (nSPS) is 11.8. The molecule has 3 heteroatoms. The summed E-state index contributed by atoms with van der Waals surface area (Å²) in [6.45, 7) is 2.67. The van der Waals surface area contributed by atoms with Crippen molar-refractivity contribution in [1.82, 2.24) is 0 Å². The molecule has 0 bridgehead atoms. The molecule has 1 rings (SSSR count). The summed E-state index contributed by atoms with van der Waals surface area (Å²) in [5.74, 6) is 0.885. The highest BCUT2D eigenvalue weighted by Crippen LogP contribution is 2.13. The summed E-state index contributed by atoms with van der Waals surface area (Å²) >= 11 is 0. The van der Waals surface area contributed by atoms with E-state index in [1.165, 1.54) is 5.56 Å². The monoisotopic (exact) mass is 232 g/mol. The van der Waals surface area contributed by atoms with Crippen LogP contribution in [0.3, 0.4) is 0 Å². The lowest BCUT2D eigenvalue weighted by Gasteiger charge is -2.08. The van der Waals surface area contributed by atoms with E-state index in [-0.39, 0.29) is 6.04 Å². The van der Waals surface area contributed by atoms with Crippen LogP contribution in [0.2, 0.25) is 0 Å². The molecule has 1 aromatic rings. The number of hydrogen-bond donors (Lipinski definition) is 1. The molecule has 17 heavy (non-hydrogen) atoms. The maximum absolute atomic E-state index is 8.38. The van der Waals surface area contributed by atoms with E-state index in [2.05, 4.69) is 6.07 Å². The standard InChI is InChI=1S/C14H20N2O/c1-12(16)11-13-5-7-14(8-6-13)17-10-4-2-3-9-15/h5-8,12H,2-4,10-11,16H2,1H3. The number of nitriles is 1. The Hall–Kier alpha value is -1.53. The molecule has 0 aliphatic heterocycles. The Morgan fingerprint density at radius 1 is 1.29 bits per heavy atom. The zero-order valence-corrected chi connectivity index (χ0v) is 10.4. The summed E-state index contributed by atoms with van der Waals surface area (Å²) in [4.78, 5) is 0. The second-order valence-corrected chi connectivity index (χ2v) is 4.29. The van der Waals surface area contributed by atoms with Crippen LogP contribution in [0.1, 0.15) is 31.7 Å². The molecule has 0 aliphatic carbocycles. The maximum atomic E-state index is 8.38. The summed E-state index contributed by atoms with van der Waals surface area (Å²) in [6, 6.07) is 10.4. The van der Waals surface area contributed by atoms with Gasteiger partial charge in [0.05, 0.1) is 12.7 Å². The third kappa shape index (κ3) is 5.94. The lowest BCUT2D eigenvalue weighted by Crippen LogP contribution is -2.17. The highest BCUT2D eigenvalue weighted by molar-refractivity contribution is 5.27. The molecule has 2 N–H and O–H groups in total. The van der Waals surface area contributed by atoms with Gasteiger partial charge in [0.25, 0.3) is 0 Å². The van der Waals surface area contributed by atoms with Gasteiger partial charge < -0.3 is 10.5 Å². The largest absolute Gasteiger partial charge is 0.494 e. The average Bonchev–Trinajstić information content (AvgIpc) is 2.30. The molecular formula is C14H20N2O. The second-order valence-electron chi connectivity index (χ2n) is 4.29. The van der Waals surface area contributed by atoms with E-state index in [1.54, 1.807) is 0 Å². The van der Waals surface area contributed by atoms with Crippen molar-refractivity contribution in [2.24, 2.45) is 5.73 Å². The summed E-state index contributed by atoms with van der Waals surface area (Å²) in [5, 5.41) is 8.38. The fourth-order valence-electron chi connectivity index (χ4n) is 1.59. The fourth-order valence-corrected chi connectivity index (χ4v) is 1.59. The molecule has 0 aliphatic rings. The van der Waals surface area contributed by atoms with Crippen molar-refractivity contribution in [2.75, 3.05) is 6.61 Å². The van der Waals surface area contributed by atoms with Crippen molar-refractivity contribution in [3.63, 3.8) is 0 Å². The first-order valence-corrected chi connectivity index (χ1v) is 6.06. The molecule has 1 aromatic carbocycles. The molecule has 0 radical (unpaired) electrons. The van der Waals surface area contributed by atoms with Crippen molar-refractivity contribution < 1.29 is 4.74 Å². The Morgan fingerprint density at radius 2 is 2.00 bits per heavy atom. The van der Waals surface area contributed by atoms with E-state index in [1.807, 2.05) is 31.2 Å². The quantitative estimate of drug-likeness (QED) is 0.735. The van der Waals surface area contributed by atoms with Crippen molar-refractivity contribution in [3.8, 4) is 11.8 Å². The van der Waals surface area contributed by atoms with E-state index in [9.17, 15) is 0 Å². The van der Waals surface area contributed by atoms with Gasteiger partial charge in [-0.1, -0.05) is 12.1 Å². The lowest BCUT2D eigenvalue weighted by atomic mass is 10.1. The smallest absolute Gasteiger partial charge is 0.119 e. The SMILES string of the molecule is CC(N)Cc1ccc(OCCCCC#N)cc1. The Morgan fingerprint density at radius 3 is 2.59 bits per heavy atom. The van der Waals surface area contributed by atoms with E-state index in [0.717, 1.165) is 25.0 Å². The molecule has 92 valence electrons. The molecule has 0 aromatic heterocycles. The van der Waals surface area contributed by atoms with Crippen LogP contribution in [-0.2, 0) is 6.42 Å². The van der Waals surface area contributed by atoms with Gasteiger partial charge in [0.2, 0.25) is 0 Å². The predicted octanol–water partition coefficient (Wildman–Crippen LogP) is 2.65. The van der Waals surface area contributed by atoms with Gasteiger partial charge in [0.1, 0.15) is 5.75 Å². The minimum Gasteiger partial charge on any atom is -0.494 e. The Balaban J connectivity index is 2.28. The van der Waals surface area contributed by atoms with Crippen LogP contribution in [0.5, 0.6) is 5.75 Å². The number of ether oxygens (including phenoxy) is 1. The third-order valence-corrected chi connectivity index (χ3v) is 2.43. The van der Waals surface area contributed by atoms with Crippen LogP contribution < -0.4 is 10.5 Å². The van der Waals surface area contributed by atoms with Crippen molar-refractivity contribution in [3.05, 3.63) is 29.8 Å². The molecule has 1 unspecified atom stereocenters. The highest BCUT2D eigenvalue weighted by atomic mass is 16.5. The first-order chi connectivity index (χ1) is 8.22. The molecule has 1 atom stereocenters. The number of rotatable bonds is 7. The number of nitrogens with zero attached hydrogens (tertiary/aromatic N) is 1. The molecule has 0 amide bonds. The highest BCUT2D eigenvalue weighted by Gasteiger charge is 1.98. The van der Waals surface area contributed by atoms with Crippen molar-refractivity contribution in [2.45, 2.75) is 38.6 Å². The maximum Gasteiger partial charge on any atom is 0.119 e. The van der Waals surface area contributed by atoms with Gasteiger partial charge in [0, 0.05) is 12.5 Å². The van der Waals surface area contributed by atoms with Crippen LogP contribution in [0, 0.1) is 11.3 Å². The van der Waals surface area contributed by atoms with Gasteiger partial charge >= 0.3 is 0 Å².